The lowest BCUT2D eigenvalue weighted by Gasteiger charge is -2.04. The van der Waals surface area contributed by atoms with E-state index in [1.807, 2.05) is 24.3 Å². The van der Waals surface area contributed by atoms with Gasteiger partial charge in [0.2, 0.25) is 5.96 Å². The van der Waals surface area contributed by atoms with Gasteiger partial charge in [-0.25, -0.2) is 10.8 Å². The molecule has 1 aromatic carbocycles. The summed E-state index contributed by atoms with van der Waals surface area (Å²) >= 11 is 0. The molecule has 0 aliphatic rings. The molecule has 0 aromatic heterocycles. The van der Waals surface area contributed by atoms with Gasteiger partial charge in [0, 0.05) is 0 Å². The molecule has 1 rings (SSSR count). The van der Waals surface area contributed by atoms with E-state index in [2.05, 4.69) is 24.3 Å². The molecule has 0 unspecified atom stereocenters. The Morgan fingerprint density at radius 3 is 2.29 bits per heavy atom. The smallest absolute Gasteiger partial charge is 0.208 e. The summed E-state index contributed by atoms with van der Waals surface area (Å²) in [6.45, 7) is 4.29. The first-order valence-electron chi connectivity index (χ1n) is 4.54. The summed E-state index contributed by atoms with van der Waals surface area (Å²) in [5, 5.41) is 0. The summed E-state index contributed by atoms with van der Waals surface area (Å²) in [6, 6.07) is 7.90. The molecule has 76 valence electrons. The third-order valence-corrected chi connectivity index (χ3v) is 1.96. The van der Waals surface area contributed by atoms with E-state index in [9.17, 15) is 0 Å². The molecule has 0 atom stereocenters. The van der Waals surface area contributed by atoms with Crippen molar-refractivity contribution in [1.82, 2.24) is 5.43 Å². The van der Waals surface area contributed by atoms with Gasteiger partial charge in [0.1, 0.15) is 0 Å². The fourth-order valence-corrected chi connectivity index (χ4v) is 1.11. The summed E-state index contributed by atoms with van der Waals surface area (Å²) in [5.41, 5.74) is 9.77. The van der Waals surface area contributed by atoms with Crippen molar-refractivity contribution in [1.29, 1.82) is 0 Å². The van der Waals surface area contributed by atoms with E-state index in [0.29, 0.717) is 5.92 Å². The maximum absolute atomic E-state index is 5.42. The van der Waals surface area contributed by atoms with Crippen LogP contribution in [0.4, 0.5) is 5.69 Å². The molecule has 5 N–H and O–H groups in total. The zero-order valence-corrected chi connectivity index (χ0v) is 8.49. The number of hydrazine groups is 1. The van der Waals surface area contributed by atoms with Crippen LogP contribution < -0.4 is 17.0 Å². The number of rotatable bonds is 2. The van der Waals surface area contributed by atoms with Gasteiger partial charge < -0.3 is 5.73 Å². The van der Waals surface area contributed by atoms with Gasteiger partial charge in [-0.3, -0.25) is 5.43 Å². The van der Waals surface area contributed by atoms with Gasteiger partial charge in [0.15, 0.2) is 0 Å². The lowest BCUT2D eigenvalue weighted by molar-refractivity contribution is 0.867. The maximum atomic E-state index is 5.42. The van der Waals surface area contributed by atoms with Gasteiger partial charge >= 0.3 is 0 Å². The van der Waals surface area contributed by atoms with E-state index >= 15 is 0 Å². The predicted octanol–water partition coefficient (Wildman–Crippen LogP) is 1.22. The highest BCUT2D eigenvalue weighted by Gasteiger charge is 1.98. The van der Waals surface area contributed by atoms with Crippen LogP contribution in [0.5, 0.6) is 0 Å². The first kappa shape index (κ1) is 10.5. The predicted molar refractivity (Wildman–Crippen MR) is 59.1 cm³/mol. The van der Waals surface area contributed by atoms with Crippen molar-refractivity contribution in [3.63, 3.8) is 0 Å². The van der Waals surface area contributed by atoms with Gasteiger partial charge in [-0.05, 0) is 23.6 Å². The maximum Gasteiger partial charge on any atom is 0.208 e. The number of nitrogens with one attached hydrogen (secondary N) is 1. The SMILES string of the molecule is CC(C)c1ccc(N=C(N)NN)cc1. The number of benzene rings is 1. The van der Waals surface area contributed by atoms with Crippen LogP contribution in [0, 0.1) is 0 Å². The fourth-order valence-electron chi connectivity index (χ4n) is 1.11. The average molecular weight is 192 g/mol. The molecule has 0 heterocycles. The van der Waals surface area contributed by atoms with Crippen LogP contribution in [0.15, 0.2) is 29.3 Å². The van der Waals surface area contributed by atoms with Gasteiger partial charge in [-0.1, -0.05) is 26.0 Å². The molecule has 0 spiro atoms. The van der Waals surface area contributed by atoms with Gasteiger partial charge in [0.25, 0.3) is 0 Å². The molecule has 0 amide bonds. The number of aliphatic imine (C=N–C) groups is 1. The van der Waals surface area contributed by atoms with Crippen LogP contribution in [0.3, 0.4) is 0 Å². The van der Waals surface area contributed by atoms with Crippen molar-refractivity contribution < 1.29 is 0 Å². The molecule has 0 aliphatic carbocycles. The number of hydrogen-bond donors (Lipinski definition) is 3. The molecular formula is C10H16N4. The van der Waals surface area contributed by atoms with E-state index < -0.39 is 0 Å². The van der Waals surface area contributed by atoms with E-state index in [1.54, 1.807) is 0 Å². The quantitative estimate of drug-likeness (QED) is 0.285. The molecule has 0 bridgehead atoms. The van der Waals surface area contributed by atoms with Gasteiger partial charge in [0.05, 0.1) is 5.69 Å². The molecule has 4 nitrogen and oxygen atoms in total. The topological polar surface area (TPSA) is 76.4 Å². The Bertz CT molecular complexity index is 313. The summed E-state index contributed by atoms with van der Waals surface area (Å²) in [5.74, 6) is 5.83. The van der Waals surface area contributed by atoms with E-state index in [4.69, 9.17) is 11.6 Å². The highest BCUT2D eigenvalue weighted by molar-refractivity contribution is 5.80. The van der Waals surface area contributed by atoms with Crippen LogP contribution in [-0.2, 0) is 0 Å². The highest BCUT2D eigenvalue weighted by atomic mass is 15.3. The van der Waals surface area contributed by atoms with Crippen molar-refractivity contribution in [3.8, 4) is 0 Å². The average Bonchev–Trinajstić information content (AvgIpc) is 2.18. The Kier molecular flexibility index (Phi) is 3.48. The summed E-state index contributed by atoms with van der Waals surface area (Å²) < 4.78 is 0. The normalized spacial score (nSPS) is 11.9. The number of guanidine groups is 1. The van der Waals surface area contributed by atoms with Crippen molar-refractivity contribution in [2.24, 2.45) is 16.6 Å². The summed E-state index contributed by atoms with van der Waals surface area (Å²) in [6.07, 6.45) is 0. The van der Waals surface area contributed by atoms with Crippen LogP contribution in [0.25, 0.3) is 0 Å². The minimum atomic E-state index is 0.210. The first-order chi connectivity index (χ1) is 6.63. The van der Waals surface area contributed by atoms with E-state index in [1.165, 1.54) is 5.56 Å². The first-order valence-corrected chi connectivity index (χ1v) is 4.54. The molecule has 1 aromatic rings. The Morgan fingerprint density at radius 2 is 1.86 bits per heavy atom. The zero-order valence-electron chi connectivity index (χ0n) is 8.49. The zero-order chi connectivity index (χ0) is 10.6. The lowest BCUT2D eigenvalue weighted by Crippen LogP contribution is -2.36. The molecule has 0 fully saturated rings. The highest BCUT2D eigenvalue weighted by Crippen LogP contribution is 2.18. The number of nitrogens with two attached hydrogens (primary N) is 2. The number of hydrogen-bond acceptors (Lipinski definition) is 2. The fraction of sp³-hybridized carbons (Fsp3) is 0.300. The van der Waals surface area contributed by atoms with Crippen LogP contribution in [-0.4, -0.2) is 5.96 Å². The molecule has 0 saturated carbocycles. The molecular weight excluding hydrogens is 176 g/mol. The molecule has 14 heavy (non-hydrogen) atoms. The Morgan fingerprint density at radius 1 is 1.29 bits per heavy atom. The summed E-state index contributed by atoms with van der Waals surface area (Å²) in [7, 11) is 0. The number of nitrogens with zero attached hydrogens (tertiary/aromatic N) is 1. The van der Waals surface area contributed by atoms with Crippen LogP contribution >= 0.6 is 0 Å². The third kappa shape index (κ3) is 2.74. The second-order valence-corrected chi connectivity index (χ2v) is 3.39. The minimum absolute atomic E-state index is 0.210. The van der Waals surface area contributed by atoms with Crippen molar-refractivity contribution in [2.75, 3.05) is 0 Å². The monoisotopic (exact) mass is 192 g/mol. The van der Waals surface area contributed by atoms with E-state index in [-0.39, 0.29) is 5.96 Å². The minimum Gasteiger partial charge on any atom is -0.369 e. The Labute approximate surface area is 84.0 Å². The Balaban J connectivity index is 2.84. The molecule has 0 saturated heterocycles. The third-order valence-electron chi connectivity index (χ3n) is 1.96. The van der Waals surface area contributed by atoms with Crippen molar-refractivity contribution in [3.05, 3.63) is 29.8 Å². The Hall–Kier alpha value is -1.55. The van der Waals surface area contributed by atoms with Gasteiger partial charge in [-0.2, -0.15) is 0 Å². The van der Waals surface area contributed by atoms with Crippen molar-refractivity contribution >= 4 is 11.6 Å². The van der Waals surface area contributed by atoms with Crippen LogP contribution in [0.1, 0.15) is 25.3 Å². The molecule has 0 aliphatic heterocycles. The second kappa shape index (κ2) is 4.62. The second-order valence-electron chi connectivity index (χ2n) is 3.39. The molecule has 0 radical (unpaired) electrons. The standard InChI is InChI=1S/C10H16N4/c1-7(2)8-3-5-9(6-4-8)13-10(11)14-12/h3-7H,12H2,1-2H3,(H3,11,13,14). The largest absolute Gasteiger partial charge is 0.369 e. The van der Waals surface area contributed by atoms with E-state index in [0.717, 1.165) is 5.69 Å². The van der Waals surface area contributed by atoms with Crippen molar-refractivity contribution in [2.45, 2.75) is 19.8 Å². The lowest BCUT2D eigenvalue weighted by atomic mass is 10.0. The summed E-state index contributed by atoms with van der Waals surface area (Å²) in [4.78, 5) is 4.04. The van der Waals surface area contributed by atoms with Crippen LogP contribution in [0.2, 0.25) is 0 Å². The van der Waals surface area contributed by atoms with Gasteiger partial charge in [-0.15, -0.1) is 0 Å². The molecule has 4 heteroatoms.